The fraction of sp³-hybridized carbons (Fsp3) is 0.500. The highest BCUT2D eigenvalue weighted by molar-refractivity contribution is 9.09. The van der Waals surface area contributed by atoms with Gasteiger partial charge in [-0.15, -0.1) is 0 Å². The summed E-state index contributed by atoms with van der Waals surface area (Å²) in [6, 6.07) is 8.26. The maximum absolute atomic E-state index is 5.65. The average molecular weight is 271 g/mol. The Balaban J connectivity index is 2.09. The smallest absolute Gasteiger partial charge is 0.119 e. The molecule has 1 heterocycles. The van der Waals surface area contributed by atoms with E-state index in [0.29, 0.717) is 12.0 Å². The first kappa shape index (κ1) is 11.0. The van der Waals surface area contributed by atoms with Crippen LogP contribution in [-0.4, -0.2) is 25.2 Å². The van der Waals surface area contributed by atoms with Crippen LogP contribution in [0.25, 0.3) is 0 Å². The van der Waals surface area contributed by atoms with Crippen molar-refractivity contribution in [3.63, 3.8) is 0 Å². The Bertz CT molecular complexity index is 327. The van der Waals surface area contributed by atoms with E-state index in [1.165, 1.54) is 5.56 Å². The van der Waals surface area contributed by atoms with Gasteiger partial charge in [0.2, 0.25) is 0 Å². The number of ether oxygens (including phenoxy) is 2. The van der Waals surface area contributed by atoms with Crippen molar-refractivity contribution in [3.05, 3.63) is 29.8 Å². The lowest BCUT2D eigenvalue weighted by Gasteiger charge is -2.09. The summed E-state index contributed by atoms with van der Waals surface area (Å²) in [5.74, 6) is 1.44. The van der Waals surface area contributed by atoms with Crippen LogP contribution in [0, 0.1) is 0 Å². The number of halogens is 1. The third-order valence-electron chi connectivity index (χ3n) is 2.82. The number of hydrogen-bond acceptors (Lipinski definition) is 2. The van der Waals surface area contributed by atoms with Crippen molar-refractivity contribution in [1.82, 2.24) is 0 Å². The van der Waals surface area contributed by atoms with Crippen molar-refractivity contribution in [2.75, 3.05) is 19.0 Å². The lowest BCUT2D eigenvalue weighted by atomic mass is 9.96. The molecule has 1 aromatic carbocycles. The van der Waals surface area contributed by atoms with Gasteiger partial charge in [-0.05, 0) is 24.1 Å². The molecule has 1 aliphatic rings. The van der Waals surface area contributed by atoms with Crippen molar-refractivity contribution in [2.24, 2.45) is 0 Å². The summed E-state index contributed by atoms with van der Waals surface area (Å²) in [5, 5.41) is 0.924. The summed E-state index contributed by atoms with van der Waals surface area (Å²) in [5.41, 5.74) is 1.32. The van der Waals surface area contributed by atoms with E-state index in [4.69, 9.17) is 9.47 Å². The standard InChI is InChI=1S/C12H15BrO2/c1-14-11-4-2-3-9(5-11)10-6-12(7-13)15-8-10/h2-5,10,12H,6-8H2,1H3/t10-,12+/m0/s1. The van der Waals surface area contributed by atoms with Gasteiger partial charge in [0.1, 0.15) is 5.75 Å². The Kier molecular flexibility index (Phi) is 3.65. The van der Waals surface area contributed by atoms with Gasteiger partial charge < -0.3 is 9.47 Å². The highest BCUT2D eigenvalue weighted by Crippen LogP contribution is 2.31. The molecule has 3 heteroatoms. The number of rotatable bonds is 3. The molecular formula is C12H15BrO2. The van der Waals surface area contributed by atoms with Crippen LogP contribution in [0.4, 0.5) is 0 Å². The van der Waals surface area contributed by atoms with Gasteiger partial charge in [-0.1, -0.05) is 28.1 Å². The molecule has 82 valence electrons. The monoisotopic (exact) mass is 270 g/mol. The Labute approximate surface area is 98.7 Å². The molecule has 0 bridgehead atoms. The van der Waals surface area contributed by atoms with Crippen molar-refractivity contribution in [3.8, 4) is 5.75 Å². The molecule has 0 aromatic heterocycles. The van der Waals surface area contributed by atoms with Crippen molar-refractivity contribution >= 4 is 15.9 Å². The number of methoxy groups -OCH3 is 1. The van der Waals surface area contributed by atoms with E-state index in [-0.39, 0.29) is 0 Å². The van der Waals surface area contributed by atoms with Gasteiger partial charge in [0.25, 0.3) is 0 Å². The zero-order valence-corrected chi connectivity index (χ0v) is 10.4. The second-order valence-electron chi connectivity index (χ2n) is 3.82. The topological polar surface area (TPSA) is 18.5 Å². The minimum Gasteiger partial charge on any atom is -0.497 e. The highest BCUT2D eigenvalue weighted by Gasteiger charge is 2.25. The fourth-order valence-electron chi connectivity index (χ4n) is 1.94. The maximum Gasteiger partial charge on any atom is 0.119 e. The molecule has 2 atom stereocenters. The molecule has 15 heavy (non-hydrogen) atoms. The first-order valence-electron chi connectivity index (χ1n) is 5.15. The summed E-state index contributed by atoms with van der Waals surface area (Å²) < 4.78 is 10.9. The Morgan fingerprint density at radius 2 is 2.40 bits per heavy atom. The maximum atomic E-state index is 5.65. The molecule has 0 N–H and O–H groups in total. The summed E-state index contributed by atoms with van der Waals surface area (Å²) in [6.07, 6.45) is 1.46. The summed E-state index contributed by atoms with van der Waals surface area (Å²) in [6.45, 7) is 0.823. The normalized spacial score (nSPS) is 25.5. The molecule has 0 unspecified atom stereocenters. The van der Waals surface area contributed by atoms with Gasteiger partial charge in [0.15, 0.2) is 0 Å². The summed E-state index contributed by atoms with van der Waals surface area (Å²) in [4.78, 5) is 0. The SMILES string of the molecule is COc1cccc([C@@H]2CO[C@@H](CBr)C2)c1. The zero-order chi connectivity index (χ0) is 10.7. The van der Waals surface area contributed by atoms with Gasteiger partial charge in [-0.3, -0.25) is 0 Å². The lowest BCUT2D eigenvalue weighted by molar-refractivity contribution is 0.127. The zero-order valence-electron chi connectivity index (χ0n) is 8.78. The summed E-state index contributed by atoms with van der Waals surface area (Å²) in [7, 11) is 1.70. The minimum absolute atomic E-state index is 0.362. The van der Waals surface area contributed by atoms with E-state index in [9.17, 15) is 0 Å². The van der Waals surface area contributed by atoms with Crippen LogP contribution in [0.1, 0.15) is 17.9 Å². The van der Waals surface area contributed by atoms with Gasteiger partial charge in [0, 0.05) is 11.2 Å². The molecule has 0 aliphatic carbocycles. The molecule has 0 amide bonds. The third kappa shape index (κ3) is 2.52. The first-order valence-corrected chi connectivity index (χ1v) is 6.27. The molecule has 0 radical (unpaired) electrons. The van der Waals surface area contributed by atoms with Crippen molar-refractivity contribution in [2.45, 2.75) is 18.4 Å². The molecule has 2 rings (SSSR count). The molecule has 1 aliphatic heterocycles. The van der Waals surface area contributed by atoms with E-state index < -0.39 is 0 Å². The van der Waals surface area contributed by atoms with Crippen LogP contribution in [-0.2, 0) is 4.74 Å². The van der Waals surface area contributed by atoms with E-state index in [2.05, 4.69) is 28.1 Å². The van der Waals surface area contributed by atoms with Crippen LogP contribution >= 0.6 is 15.9 Å². The summed E-state index contributed by atoms with van der Waals surface area (Å²) >= 11 is 3.45. The molecule has 2 nitrogen and oxygen atoms in total. The number of hydrogen-bond donors (Lipinski definition) is 0. The Morgan fingerprint density at radius 1 is 1.53 bits per heavy atom. The molecule has 1 saturated heterocycles. The Hall–Kier alpha value is -0.540. The largest absolute Gasteiger partial charge is 0.497 e. The molecule has 0 spiro atoms. The number of benzene rings is 1. The lowest BCUT2D eigenvalue weighted by Crippen LogP contribution is -2.05. The van der Waals surface area contributed by atoms with Crippen molar-refractivity contribution < 1.29 is 9.47 Å². The predicted molar refractivity (Wildman–Crippen MR) is 63.9 cm³/mol. The van der Waals surface area contributed by atoms with Crippen LogP contribution < -0.4 is 4.74 Å². The van der Waals surface area contributed by atoms with Gasteiger partial charge in [-0.2, -0.15) is 0 Å². The van der Waals surface area contributed by atoms with Gasteiger partial charge in [-0.25, -0.2) is 0 Å². The molecule has 1 aromatic rings. The van der Waals surface area contributed by atoms with Crippen molar-refractivity contribution in [1.29, 1.82) is 0 Å². The van der Waals surface area contributed by atoms with Crippen LogP contribution in [0.15, 0.2) is 24.3 Å². The second-order valence-corrected chi connectivity index (χ2v) is 4.47. The second kappa shape index (κ2) is 4.99. The quantitative estimate of drug-likeness (QED) is 0.787. The fourth-order valence-corrected chi connectivity index (χ4v) is 2.39. The molecular weight excluding hydrogens is 256 g/mol. The van der Waals surface area contributed by atoms with Gasteiger partial charge in [0.05, 0.1) is 19.8 Å². The van der Waals surface area contributed by atoms with Crippen LogP contribution in [0.2, 0.25) is 0 Å². The van der Waals surface area contributed by atoms with Gasteiger partial charge >= 0.3 is 0 Å². The predicted octanol–water partition coefficient (Wildman–Crippen LogP) is 2.96. The molecule has 1 fully saturated rings. The van der Waals surface area contributed by atoms with E-state index in [1.54, 1.807) is 7.11 Å². The minimum atomic E-state index is 0.362. The Morgan fingerprint density at radius 3 is 3.07 bits per heavy atom. The first-order chi connectivity index (χ1) is 7.33. The average Bonchev–Trinajstić information content (AvgIpc) is 2.78. The van der Waals surface area contributed by atoms with E-state index in [0.717, 1.165) is 24.1 Å². The van der Waals surface area contributed by atoms with E-state index in [1.807, 2.05) is 12.1 Å². The van der Waals surface area contributed by atoms with E-state index >= 15 is 0 Å². The highest BCUT2D eigenvalue weighted by atomic mass is 79.9. The molecule has 0 saturated carbocycles. The third-order valence-corrected chi connectivity index (χ3v) is 3.54. The van der Waals surface area contributed by atoms with Crippen LogP contribution in [0.5, 0.6) is 5.75 Å². The number of alkyl halides is 1. The van der Waals surface area contributed by atoms with Crippen LogP contribution in [0.3, 0.4) is 0 Å².